The molecule has 3 nitrogen and oxygen atoms in total. The van der Waals surface area contributed by atoms with Crippen molar-refractivity contribution in [3.05, 3.63) is 0 Å². The van der Waals surface area contributed by atoms with Crippen LogP contribution in [0, 0.1) is 5.41 Å². The quantitative estimate of drug-likeness (QED) is 0.680. The van der Waals surface area contributed by atoms with Gasteiger partial charge in [0.05, 0.1) is 17.6 Å². The maximum atomic E-state index is 12.1. The number of cyclic esters (lactones) is 1. The lowest BCUT2D eigenvalue weighted by atomic mass is 9.83. The van der Waals surface area contributed by atoms with Crippen molar-refractivity contribution in [1.29, 1.82) is 0 Å². The lowest BCUT2D eigenvalue weighted by molar-refractivity contribution is -0.166. The van der Waals surface area contributed by atoms with Crippen LogP contribution in [0.4, 0.5) is 0 Å². The van der Waals surface area contributed by atoms with E-state index in [2.05, 4.69) is 0 Å². The van der Waals surface area contributed by atoms with Crippen LogP contribution in [-0.4, -0.2) is 23.3 Å². The molecule has 0 aromatic heterocycles. The zero-order valence-electron chi connectivity index (χ0n) is 12.8. The summed E-state index contributed by atoms with van der Waals surface area (Å²) in [4.78, 5) is 12.1. The van der Waals surface area contributed by atoms with Gasteiger partial charge in [-0.3, -0.25) is 4.79 Å². The van der Waals surface area contributed by atoms with Gasteiger partial charge in [-0.05, 0) is 40.0 Å². The van der Waals surface area contributed by atoms with Crippen LogP contribution < -0.4 is 0 Å². The number of rotatable bonds is 0. The van der Waals surface area contributed by atoms with Gasteiger partial charge < -0.3 is 9.84 Å². The van der Waals surface area contributed by atoms with Gasteiger partial charge >= 0.3 is 5.97 Å². The molecule has 0 aromatic rings. The highest BCUT2D eigenvalue weighted by Gasteiger charge is 2.37. The van der Waals surface area contributed by atoms with Crippen molar-refractivity contribution in [2.24, 2.45) is 5.41 Å². The first kappa shape index (κ1) is 16.5. The van der Waals surface area contributed by atoms with Crippen LogP contribution in [0.15, 0.2) is 0 Å². The van der Waals surface area contributed by atoms with E-state index in [1.807, 2.05) is 6.92 Å². The van der Waals surface area contributed by atoms with Gasteiger partial charge in [-0.15, -0.1) is 0 Å². The Morgan fingerprint density at radius 1 is 1.00 bits per heavy atom. The first-order chi connectivity index (χ1) is 8.94. The van der Waals surface area contributed by atoms with Crippen molar-refractivity contribution < 1.29 is 14.6 Å². The van der Waals surface area contributed by atoms with E-state index in [-0.39, 0.29) is 12.1 Å². The van der Waals surface area contributed by atoms with Crippen molar-refractivity contribution in [3.63, 3.8) is 0 Å². The zero-order valence-corrected chi connectivity index (χ0v) is 12.8. The molecule has 0 bridgehead atoms. The number of ether oxygens (including phenoxy) is 1. The van der Waals surface area contributed by atoms with E-state index in [1.54, 1.807) is 13.8 Å². The zero-order chi connectivity index (χ0) is 14.3. The Morgan fingerprint density at radius 2 is 1.47 bits per heavy atom. The molecule has 1 saturated heterocycles. The van der Waals surface area contributed by atoms with Gasteiger partial charge in [-0.25, -0.2) is 0 Å². The van der Waals surface area contributed by atoms with E-state index in [0.717, 1.165) is 25.7 Å². The summed E-state index contributed by atoms with van der Waals surface area (Å²) in [5.41, 5.74) is -0.793. The number of hydrogen-bond donors (Lipinski definition) is 1. The summed E-state index contributed by atoms with van der Waals surface area (Å²) in [5, 5.41) is 10.2. The highest BCUT2D eigenvalue weighted by atomic mass is 16.5. The fourth-order valence-corrected chi connectivity index (χ4v) is 2.54. The lowest BCUT2D eigenvalue weighted by Crippen LogP contribution is -2.40. The van der Waals surface area contributed by atoms with E-state index >= 15 is 0 Å². The van der Waals surface area contributed by atoms with E-state index in [0.29, 0.717) is 6.42 Å². The maximum Gasteiger partial charge on any atom is 0.314 e. The number of aliphatic hydroxyl groups is 1. The highest BCUT2D eigenvalue weighted by molar-refractivity contribution is 5.76. The summed E-state index contributed by atoms with van der Waals surface area (Å²) in [6.45, 7) is 5.53. The highest BCUT2D eigenvalue weighted by Crippen LogP contribution is 2.28. The molecule has 0 amide bonds. The van der Waals surface area contributed by atoms with Gasteiger partial charge in [0, 0.05) is 0 Å². The Balaban J connectivity index is 2.60. The third-order valence-electron chi connectivity index (χ3n) is 4.26. The van der Waals surface area contributed by atoms with Gasteiger partial charge in [0.25, 0.3) is 0 Å². The molecular weight excluding hydrogens is 240 g/mol. The van der Waals surface area contributed by atoms with E-state index in [1.165, 1.54) is 25.7 Å². The molecule has 0 radical (unpaired) electrons. The first-order valence-electron chi connectivity index (χ1n) is 7.83. The summed E-state index contributed by atoms with van der Waals surface area (Å²) in [5.74, 6) is -0.260. The van der Waals surface area contributed by atoms with Crippen molar-refractivity contribution in [2.45, 2.75) is 90.8 Å². The van der Waals surface area contributed by atoms with Crippen molar-refractivity contribution in [3.8, 4) is 0 Å². The summed E-state index contributed by atoms with van der Waals surface area (Å²) < 4.78 is 5.48. The van der Waals surface area contributed by atoms with Crippen molar-refractivity contribution in [2.75, 3.05) is 0 Å². The minimum absolute atomic E-state index is 0.0399. The van der Waals surface area contributed by atoms with Gasteiger partial charge in [0.2, 0.25) is 0 Å². The van der Waals surface area contributed by atoms with E-state index < -0.39 is 11.5 Å². The van der Waals surface area contributed by atoms with Crippen molar-refractivity contribution >= 4 is 5.97 Å². The minimum Gasteiger partial charge on any atom is -0.462 e. The topological polar surface area (TPSA) is 46.5 Å². The summed E-state index contributed by atoms with van der Waals surface area (Å²) in [6.07, 6.45) is 9.28. The molecule has 3 heteroatoms. The predicted molar refractivity (Wildman–Crippen MR) is 76.9 cm³/mol. The Morgan fingerprint density at radius 3 is 2.05 bits per heavy atom. The number of carbonyl (C=O) groups is 1. The van der Waals surface area contributed by atoms with Crippen LogP contribution in [-0.2, 0) is 9.53 Å². The van der Waals surface area contributed by atoms with Crippen LogP contribution in [0.5, 0.6) is 0 Å². The molecule has 1 heterocycles. The number of hydrogen-bond acceptors (Lipinski definition) is 3. The normalized spacial score (nSPS) is 31.3. The van der Waals surface area contributed by atoms with Crippen LogP contribution in [0.1, 0.15) is 78.6 Å². The number of aliphatic hydroxyl groups excluding tert-OH is 1. The van der Waals surface area contributed by atoms with Crippen LogP contribution in [0.2, 0.25) is 0 Å². The van der Waals surface area contributed by atoms with E-state index in [4.69, 9.17) is 4.74 Å². The van der Waals surface area contributed by atoms with Gasteiger partial charge in [-0.1, -0.05) is 38.5 Å². The average Bonchev–Trinajstić information content (AvgIpc) is 2.35. The van der Waals surface area contributed by atoms with Crippen LogP contribution in [0.3, 0.4) is 0 Å². The average molecular weight is 270 g/mol. The Labute approximate surface area is 117 Å². The summed E-state index contributed by atoms with van der Waals surface area (Å²) in [7, 11) is 0. The van der Waals surface area contributed by atoms with Crippen molar-refractivity contribution in [1.82, 2.24) is 0 Å². The third-order valence-corrected chi connectivity index (χ3v) is 4.26. The molecule has 1 aliphatic heterocycles. The number of carbonyl (C=O) groups excluding carboxylic acids is 1. The van der Waals surface area contributed by atoms with E-state index in [9.17, 15) is 9.90 Å². The van der Waals surface area contributed by atoms with Gasteiger partial charge in [0.1, 0.15) is 0 Å². The smallest absolute Gasteiger partial charge is 0.314 e. The molecule has 1 N–H and O–H groups in total. The molecule has 0 aromatic carbocycles. The Kier molecular flexibility index (Phi) is 6.84. The molecule has 1 aliphatic rings. The molecule has 1 fully saturated rings. The fraction of sp³-hybridized carbons (Fsp3) is 0.938. The second-order valence-electron chi connectivity index (χ2n) is 6.51. The second-order valence-corrected chi connectivity index (χ2v) is 6.51. The van der Waals surface area contributed by atoms with Gasteiger partial charge in [-0.2, -0.15) is 0 Å². The number of esters is 1. The maximum absolute atomic E-state index is 12.1. The molecule has 0 unspecified atom stereocenters. The molecule has 19 heavy (non-hydrogen) atoms. The standard InChI is InChI=1S/C16H30O3/c1-13-11-9-7-5-4-6-8-10-12-14(17)16(2,3)15(18)19-13/h13-14,17H,4-12H2,1-3H3/t13-,14-/m0/s1. The summed E-state index contributed by atoms with van der Waals surface area (Å²) >= 11 is 0. The molecule has 0 saturated carbocycles. The first-order valence-corrected chi connectivity index (χ1v) is 7.83. The Hall–Kier alpha value is -0.570. The fourth-order valence-electron chi connectivity index (χ4n) is 2.54. The molecule has 0 spiro atoms. The molecule has 2 atom stereocenters. The van der Waals surface area contributed by atoms with Crippen LogP contribution in [0.25, 0.3) is 0 Å². The Bertz CT molecular complexity index is 273. The SMILES string of the molecule is C[C@H]1CCCCCCCCC[C@H](O)C(C)(C)C(=O)O1. The largest absolute Gasteiger partial charge is 0.462 e. The second kappa shape index (κ2) is 7.88. The summed E-state index contributed by atoms with van der Waals surface area (Å²) in [6, 6.07) is 0. The monoisotopic (exact) mass is 270 g/mol. The lowest BCUT2D eigenvalue weighted by Gasteiger charge is -2.30. The van der Waals surface area contributed by atoms with Gasteiger partial charge in [0.15, 0.2) is 0 Å². The molecular formula is C16H30O3. The van der Waals surface area contributed by atoms with Crippen LogP contribution >= 0.6 is 0 Å². The third kappa shape index (κ3) is 5.52. The minimum atomic E-state index is -0.793. The molecule has 0 aliphatic carbocycles. The predicted octanol–water partition coefficient (Wildman–Crippen LogP) is 3.83. The molecule has 112 valence electrons. The molecule has 1 rings (SSSR count).